The number of aromatic nitrogens is 2. The molecule has 0 aliphatic carbocycles. The lowest BCUT2D eigenvalue weighted by atomic mass is 10.0. The van der Waals surface area contributed by atoms with E-state index in [4.69, 9.17) is 5.73 Å². The number of anilines is 1. The Hall–Kier alpha value is -2.83. The van der Waals surface area contributed by atoms with Crippen molar-refractivity contribution >= 4 is 17.6 Å². The predicted molar refractivity (Wildman–Crippen MR) is 98.1 cm³/mol. The molecule has 2 rings (SSSR count). The van der Waals surface area contributed by atoms with Gasteiger partial charge in [0.2, 0.25) is 5.91 Å². The number of amides is 3. The highest BCUT2D eigenvalue weighted by Crippen LogP contribution is 2.26. The Morgan fingerprint density at radius 1 is 1.24 bits per heavy atom. The molecule has 1 aromatic heterocycles. The van der Waals surface area contributed by atoms with Crippen molar-refractivity contribution in [3.05, 3.63) is 35.7 Å². The number of nitrogens with zero attached hydrogens (tertiary/aromatic N) is 1. The number of carbonyl (C=O) groups is 2. The number of imidazole rings is 1. The molecule has 0 saturated carbocycles. The van der Waals surface area contributed by atoms with Crippen LogP contribution in [0.2, 0.25) is 0 Å². The van der Waals surface area contributed by atoms with E-state index in [2.05, 4.69) is 20.6 Å². The minimum atomic E-state index is -0.716. The first-order valence-corrected chi connectivity index (χ1v) is 8.27. The highest BCUT2D eigenvalue weighted by Gasteiger charge is 2.22. The third kappa shape index (κ3) is 4.82. The van der Waals surface area contributed by atoms with Crippen molar-refractivity contribution in [1.29, 1.82) is 0 Å². The molecule has 0 saturated heterocycles. The Morgan fingerprint density at radius 3 is 2.48 bits per heavy atom. The Balaban J connectivity index is 2.26. The summed E-state index contributed by atoms with van der Waals surface area (Å²) in [6, 6.07) is 5.99. The molecule has 1 heterocycles. The van der Waals surface area contributed by atoms with Gasteiger partial charge in [-0.15, -0.1) is 0 Å². The molecule has 0 aliphatic rings. The van der Waals surface area contributed by atoms with Crippen LogP contribution in [0, 0.1) is 19.8 Å². The first kappa shape index (κ1) is 18.5. The largest absolute Gasteiger partial charge is 0.352 e. The number of benzene rings is 1. The van der Waals surface area contributed by atoms with E-state index in [1.54, 1.807) is 6.07 Å². The average molecular weight is 343 g/mol. The summed E-state index contributed by atoms with van der Waals surface area (Å²) in [5.74, 6) is 0.613. The topological polar surface area (TPSA) is 113 Å². The van der Waals surface area contributed by atoms with Crippen molar-refractivity contribution in [2.75, 3.05) is 5.32 Å². The molecule has 0 radical (unpaired) electrons. The summed E-state index contributed by atoms with van der Waals surface area (Å²) in [6.45, 7) is 7.82. The maximum atomic E-state index is 12.6. The highest BCUT2D eigenvalue weighted by molar-refractivity contribution is 5.99. The van der Waals surface area contributed by atoms with Crippen LogP contribution in [0.3, 0.4) is 0 Å². The number of urea groups is 1. The standard InChI is InChI=1S/C18H25N5O2/c1-10(2)9-15(23-18(19)25)17(24)22-14-8-6-5-7-13(14)16-20-11(3)12(4)21-16/h5-8,10,15H,9H2,1-4H3,(H,20,21)(H,22,24)(H3,19,23,25)/t15-/m0/s1. The molecular weight excluding hydrogens is 318 g/mol. The van der Waals surface area contributed by atoms with Crippen LogP contribution in [0.25, 0.3) is 11.4 Å². The molecule has 0 aliphatic heterocycles. The lowest BCUT2D eigenvalue weighted by Gasteiger charge is -2.20. The minimum absolute atomic E-state index is 0.230. The number of hydrogen-bond acceptors (Lipinski definition) is 3. The van der Waals surface area contributed by atoms with Gasteiger partial charge in [-0.1, -0.05) is 26.0 Å². The fraction of sp³-hybridized carbons (Fsp3) is 0.389. The molecule has 1 aromatic carbocycles. The van der Waals surface area contributed by atoms with E-state index in [-0.39, 0.29) is 11.8 Å². The van der Waals surface area contributed by atoms with Crippen LogP contribution in [-0.2, 0) is 4.79 Å². The Morgan fingerprint density at radius 2 is 1.92 bits per heavy atom. The third-order valence-electron chi connectivity index (χ3n) is 3.91. The molecule has 5 N–H and O–H groups in total. The molecular formula is C18H25N5O2. The molecule has 134 valence electrons. The summed E-state index contributed by atoms with van der Waals surface area (Å²) >= 11 is 0. The second-order valence-corrected chi connectivity index (χ2v) is 6.52. The maximum absolute atomic E-state index is 12.6. The molecule has 0 fully saturated rings. The van der Waals surface area contributed by atoms with Crippen molar-refractivity contribution in [2.45, 2.75) is 40.2 Å². The number of H-pyrrole nitrogens is 1. The van der Waals surface area contributed by atoms with Gasteiger partial charge in [0.1, 0.15) is 11.9 Å². The van der Waals surface area contributed by atoms with Crippen LogP contribution in [0.5, 0.6) is 0 Å². The zero-order chi connectivity index (χ0) is 18.6. The number of nitrogens with one attached hydrogen (secondary N) is 3. The van der Waals surface area contributed by atoms with E-state index >= 15 is 0 Å². The van der Waals surface area contributed by atoms with Crippen molar-refractivity contribution in [2.24, 2.45) is 11.7 Å². The minimum Gasteiger partial charge on any atom is -0.352 e. The summed E-state index contributed by atoms with van der Waals surface area (Å²) < 4.78 is 0. The second-order valence-electron chi connectivity index (χ2n) is 6.52. The van der Waals surface area contributed by atoms with Gasteiger partial charge in [0, 0.05) is 11.3 Å². The number of primary amides is 1. The van der Waals surface area contributed by atoms with Gasteiger partial charge in [0.05, 0.1) is 11.4 Å². The fourth-order valence-electron chi connectivity index (χ4n) is 2.57. The number of hydrogen-bond donors (Lipinski definition) is 4. The quantitative estimate of drug-likeness (QED) is 0.646. The summed E-state index contributed by atoms with van der Waals surface area (Å²) in [4.78, 5) is 31.5. The van der Waals surface area contributed by atoms with Crippen LogP contribution in [0.15, 0.2) is 24.3 Å². The number of aromatic amines is 1. The summed E-state index contributed by atoms with van der Waals surface area (Å²) in [7, 11) is 0. The second kappa shape index (κ2) is 7.83. The molecule has 7 nitrogen and oxygen atoms in total. The van der Waals surface area contributed by atoms with Crippen LogP contribution >= 0.6 is 0 Å². The van der Waals surface area contributed by atoms with Crippen LogP contribution in [0.1, 0.15) is 31.7 Å². The first-order chi connectivity index (χ1) is 11.8. The number of aryl methyl sites for hydroxylation is 2. The van der Waals surface area contributed by atoms with Gasteiger partial charge in [-0.25, -0.2) is 9.78 Å². The summed E-state index contributed by atoms with van der Waals surface area (Å²) in [5.41, 5.74) is 8.49. The van der Waals surface area contributed by atoms with Crippen LogP contribution < -0.4 is 16.4 Å². The Bertz CT molecular complexity index is 747. The van der Waals surface area contributed by atoms with E-state index in [0.717, 1.165) is 17.0 Å². The van der Waals surface area contributed by atoms with E-state index < -0.39 is 12.1 Å². The number of rotatable bonds is 6. The zero-order valence-electron chi connectivity index (χ0n) is 15.0. The SMILES string of the molecule is Cc1nc(-c2ccccc2NC(=O)[C@H](CC(C)C)NC(N)=O)[nH]c1C. The van der Waals surface area contributed by atoms with Gasteiger partial charge in [0.25, 0.3) is 0 Å². The van der Waals surface area contributed by atoms with Gasteiger partial charge in [-0.2, -0.15) is 0 Å². The molecule has 3 amide bonds. The normalized spacial score (nSPS) is 12.0. The maximum Gasteiger partial charge on any atom is 0.312 e. The first-order valence-electron chi connectivity index (χ1n) is 8.27. The Labute approximate surface area is 147 Å². The number of para-hydroxylation sites is 1. The number of carbonyl (C=O) groups excluding carboxylic acids is 2. The number of nitrogens with two attached hydrogens (primary N) is 1. The molecule has 0 unspecified atom stereocenters. The van der Waals surface area contributed by atoms with Crippen molar-refractivity contribution in [3.8, 4) is 11.4 Å². The lowest BCUT2D eigenvalue weighted by Crippen LogP contribution is -2.46. The van der Waals surface area contributed by atoms with Crippen LogP contribution in [0.4, 0.5) is 10.5 Å². The van der Waals surface area contributed by atoms with Crippen molar-refractivity contribution in [3.63, 3.8) is 0 Å². The van der Waals surface area contributed by atoms with E-state index in [1.807, 2.05) is 45.9 Å². The van der Waals surface area contributed by atoms with Crippen LogP contribution in [-0.4, -0.2) is 27.9 Å². The van der Waals surface area contributed by atoms with Crippen molar-refractivity contribution in [1.82, 2.24) is 15.3 Å². The monoisotopic (exact) mass is 343 g/mol. The third-order valence-corrected chi connectivity index (χ3v) is 3.91. The zero-order valence-corrected chi connectivity index (χ0v) is 15.0. The fourth-order valence-corrected chi connectivity index (χ4v) is 2.57. The van der Waals surface area contributed by atoms with Gasteiger partial charge in [-0.05, 0) is 38.3 Å². The molecule has 25 heavy (non-hydrogen) atoms. The smallest absolute Gasteiger partial charge is 0.312 e. The van der Waals surface area contributed by atoms with Gasteiger partial charge in [0.15, 0.2) is 0 Å². The van der Waals surface area contributed by atoms with E-state index in [1.165, 1.54) is 0 Å². The van der Waals surface area contributed by atoms with E-state index in [9.17, 15) is 9.59 Å². The van der Waals surface area contributed by atoms with Gasteiger partial charge >= 0.3 is 6.03 Å². The average Bonchev–Trinajstić information content (AvgIpc) is 2.85. The molecule has 1 atom stereocenters. The Kier molecular flexibility index (Phi) is 5.80. The van der Waals surface area contributed by atoms with Crippen molar-refractivity contribution < 1.29 is 9.59 Å². The lowest BCUT2D eigenvalue weighted by molar-refractivity contribution is -0.118. The predicted octanol–water partition coefficient (Wildman–Crippen LogP) is 2.72. The summed E-state index contributed by atoms with van der Waals surface area (Å²) in [6.07, 6.45) is 0.496. The molecule has 0 bridgehead atoms. The molecule has 2 aromatic rings. The molecule has 7 heteroatoms. The molecule has 0 spiro atoms. The van der Waals surface area contributed by atoms with Gasteiger partial charge < -0.3 is 21.4 Å². The van der Waals surface area contributed by atoms with Gasteiger partial charge in [-0.3, -0.25) is 4.79 Å². The highest BCUT2D eigenvalue weighted by atomic mass is 16.2. The van der Waals surface area contributed by atoms with E-state index in [0.29, 0.717) is 17.9 Å². The summed E-state index contributed by atoms with van der Waals surface area (Å²) in [5, 5.41) is 5.39.